The van der Waals surface area contributed by atoms with Crippen molar-refractivity contribution in [3.8, 4) is 11.4 Å². The van der Waals surface area contributed by atoms with Gasteiger partial charge in [0.15, 0.2) is 0 Å². The molecule has 0 N–H and O–H groups in total. The molecule has 0 amide bonds. The normalized spacial score (nSPS) is 11.8. The number of imidazole rings is 1. The van der Waals surface area contributed by atoms with Crippen LogP contribution in [0.1, 0.15) is 30.9 Å². The van der Waals surface area contributed by atoms with Crippen LogP contribution in [0.25, 0.3) is 11.4 Å². The van der Waals surface area contributed by atoms with Crippen LogP contribution in [0.5, 0.6) is 0 Å². The fourth-order valence-electron chi connectivity index (χ4n) is 3.53. The van der Waals surface area contributed by atoms with E-state index in [1.807, 2.05) is 19.2 Å². The Bertz CT molecular complexity index is 1170. The van der Waals surface area contributed by atoms with Gasteiger partial charge in [-0.2, -0.15) is 4.31 Å². The number of fused-ring (bicyclic) bond motifs is 1. The Balaban J connectivity index is 1.87. The molecule has 2 heterocycles. The van der Waals surface area contributed by atoms with E-state index in [-0.39, 0.29) is 24.6 Å². The number of aryl methyl sites for hydroxylation is 2. The molecule has 0 saturated carbocycles. The van der Waals surface area contributed by atoms with Gasteiger partial charge in [0.1, 0.15) is 18.1 Å². The summed E-state index contributed by atoms with van der Waals surface area (Å²) >= 11 is 0. The van der Waals surface area contributed by atoms with Gasteiger partial charge in [0.2, 0.25) is 10.0 Å². The van der Waals surface area contributed by atoms with Crippen molar-refractivity contribution in [3.05, 3.63) is 66.3 Å². The molecule has 170 valence electrons. The summed E-state index contributed by atoms with van der Waals surface area (Å²) in [4.78, 5) is 21.0. The summed E-state index contributed by atoms with van der Waals surface area (Å²) in [7, 11) is -3.88. The molecule has 0 bridgehead atoms. The van der Waals surface area contributed by atoms with Gasteiger partial charge < -0.3 is 9.30 Å². The van der Waals surface area contributed by atoms with E-state index in [2.05, 4.69) is 28.0 Å². The first-order valence-electron chi connectivity index (χ1n) is 10.5. The Morgan fingerprint density at radius 1 is 1.19 bits per heavy atom. The van der Waals surface area contributed by atoms with Crippen molar-refractivity contribution < 1.29 is 17.9 Å². The largest absolute Gasteiger partial charge is 0.465 e. The first kappa shape index (κ1) is 23.6. The van der Waals surface area contributed by atoms with Gasteiger partial charge in [-0.15, -0.1) is 6.58 Å². The summed E-state index contributed by atoms with van der Waals surface area (Å²) in [6.45, 7) is 9.82. The van der Waals surface area contributed by atoms with Crippen LogP contribution in [0, 0.1) is 6.92 Å². The number of hydrogen-bond donors (Lipinski definition) is 0. The molecule has 0 unspecified atom stereocenters. The lowest BCUT2D eigenvalue weighted by molar-refractivity contribution is -0.143. The maximum absolute atomic E-state index is 13.1. The number of rotatable bonds is 10. The number of pyridine rings is 1. The SMILES string of the molecule is C=CCN(CC(=O)OCC)S(=O)(=O)c1ccc(Cc2c3nc(C)nc-3ccn2CC)cc1. The number of carbonyl (C=O) groups is 1. The highest BCUT2D eigenvalue weighted by Crippen LogP contribution is 2.26. The molecule has 2 aliphatic rings. The summed E-state index contributed by atoms with van der Waals surface area (Å²) in [5.74, 6) is 0.123. The minimum absolute atomic E-state index is 0.0103. The third-order valence-electron chi connectivity index (χ3n) is 5.05. The molecular weight excluding hydrogens is 428 g/mol. The second-order valence-corrected chi connectivity index (χ2v) is 9.20. The van der Waals surface area contributed by atoms with Crippen molar-refractivity contribution >= 4 is 16.0 Å². The van der Waals surface area contributed by atoms with Crippen molar-refractivity contribution in [2.45, 2.75) is 38.6 Å². The van der Waals surface area contributed by atoms with Gasteiger partial charge in [-0.25, -0.2) is 18.4 Å². The van der Waals surface area contributed by atoms with E-state index in [0.29, 0.717) is 6.42 Å². The van der Waals surface area contributed by atoms with Gasteiger partial charge in [0.05, 0.1) is 22.9 Å². The van der Waals surface area contributed by atoms with Gasteiger partial charge in [0, 0.05) is 25.7 Å². The third-order valence-corrected chi connectivity index (χ3v) is 6.87. The number of hydrogen-bond acceptors (Lipinski definition) is 6. The Kier molecular flexibility index (Phi) is 7.42. The van der Waals surface area contributed by atoms with Gasteiger partial charge in [0.25, 0.3) is 0 Å². The van der Waals surface area contributed by atoms with Gasteiger partial charge >= 0.3 is 5.97 Å². The number of aromatic nitrogens is 3. The number of carbonyl (C=O) groups excluding carboxylic acids is 1. The summed E-state index contributed by atoms with van der Waals surface area (Å²) in [5, 5.41) is 0. The Morgan fingerprint density at radius 3 is 2.53 bits per heavy atom. The average molecular weight is 457 g/mol. The minimum Gasteiger partial charge on any atom is -0.465 e. The molecule has 32 heavy (non-hydrogen) atoms. The molecule has 1 aromatic carbocycles. The first-order chi connectivity index (χ1) is 15.3. The molecule has 0 spiro atoms. The number of sulfonamides is 1. The van der Waals surface area contributed by atoms with E-state index in [0.717, 1.165) is 39.3 Å². The Labute approximate surface area is 189 Å². The molecule has 0 aromatic heterocycles. The van der Waals surface area contributed by atoms with E-state index >= 15 is 0 Å². The zero-order valence-electron chi connectivity index (χ0n) is 18.6. The maximum Gasteiger partial charge on any atom is 0.321 e. The number of nitrogens with zero attached hydrogens (tertiary/aromatic N) is 4. The molecule has 0 atom stereocenters. The topological polar surface area (TPSA) is 94.4 Å². The highest BCUT2D eigenvalue weighted by Gasteiger charge is 2.26. The second-order valence-electron chi connectivity index (χ2n) is 7.27. The van der Waals surface area contributed by atoms with Gasteiger partial charge in [-0.05, 0) is 44.5 Å². The summed E-state index contributed by atoms with van der Waals surface area (Å²) in [6.07, 6.45) is 4.02. The quantitative estimate of drug-likeness (QED) is 0.344. The zero-order chi connectivity index (χ0) is 23.3. The number of esters is 1. The van der Waals surface area contributed by atoms with Crippen molar-refractivity contribution in [2.24, 2.45) is 0 Å². The molecule has 1 aromatic rings. The van der Waals surface area contributed by atoms with Crippen LogP contribution in [-0.4, -0.2) is 52.9 Å². The van der Waals surface area contributed by atoms with Crippen LogP contribution in [0.15, 0.2) is 54.1 Å². The second kappa shape index (κ2) is 10.1. The monoisotopic (exact) mass is 456 g/mol. The van der Waals surface area contributed by atoms with Crippen LogP contribution < -0.4 is 0 Å². The standard InChI is InChI=1S/C23H28N4O4S/c1-5-13-27(16-22(28)31-7-3)32(29,30)19-10-8-18(9-11-19)15-21-23-20(24-17(4)25-23)12-14-26(21)6-2/h5,8-12,14H,1,6-7,13,15-16H2,2-4H3. The third kappa shape index (κ3) is 5.05. The van der Waals surface area contributed by atoms with E-state index < -0.39 is 16.0 Å². The predicted molar refractivity (Wildman–Crippen MR) is 122 cm³/mol. The lowest BCUT2D eigenvalue weighted by Gasteiger charge is -2.20. The molecule has 0 aliphatic carbocycles. The van der Waals surface area contributed by atoms with Crippen LogP contribution in [0.3, 0.4) is 0 Å². The molecule has 3 rings (SSSR count). The minimum atomic E-state index is -3.88. The molecule has 0 fully saturated rings. The van der Waals surface area contributed by atoms with Crippen LogP contribution >= 0.6 is 0 Å². The average Bonchev–Trinajstić information content (AvgIpc) is 3.15. The highest BCUT2D eigenvalue weighted by atomic mass is 32.2. The molecule has 2 aliphatic heterocycles. The molecule has 0 radical (unpaired) electrons. The van der Waals surface area contributed by atoms with Crippen LogP contribution in [0.4, 0.5) is 0 Å². The molecule has 8 nitrogen and oxygen atoms in total. The summed E-state index contributed by atoms with van der Waals surface area (Å²) in [5.41, 5.74) is 3.67. The summed E-state index contributed by atoms with van der Waals surface area (Å²) < 4.78 is 34.2. The first-order valence-corrected chi connectivity index (χ1v) is 11.9. The van der Waals surface area contributed by atoms with E-state index in [9.17, 15) is 13.2 Å². The predicted octanol–water partition coefficient (Wildman–Crippen LogP) is 3.04. The number of ether oxygens (including phenoxy) is 1. The smallest absolute Gasteiger partial charge is 0.321 e. The fourth-order valence-corrected chi connectivity index (χ4v) is 4.89. The van der Waals surface area contributed by atoms with Crippen LogP contribution in [-0.2, 0) is 32.5 Å². The van der Waals surface area contributed by atoms with Gasteiger partial charge in [-0.3, -0.25) is 4.79 Å². The Morgan fingerprint density at radius 2 is 1.91 bits per heavy atom. The van der Waals surface area contributed by atoms with Crippen molar-refractivity contribution in [1.82, 2.24) is 18.8 Å². The highest BCUT2D eigenvalue weighted by molar-refractivity contribution is 7.89. The van der Waals surface area contributed by atoms with Crippen molar-refractivity contribution in [3.63, 3.8) is 0 Å². The molecular formula is C23H28N4O4S. The molecule has 9 heteroatoms. The van der Waals surface area contributed by atoms with Crippen molar-refractivity contribution in [2.75, 3.05) is 19.7 Å². The fraction of sp³-hybridized carbons (Fsp3) is 0.348. The van der Waals surface area contributed by atoms with Crippen LogP contribution in [0.2, 0.25) is 0 Å². The van der Waals surface area contributed by atoms with Gasteiger partial charge in [-0.1, -0.05) is 18.2 Å². The Hall–Kier alpha value is -3.04. The molecule has 0 saturated heterocycles. The lowest BCUT2D eigenvalue weighted by atomic mass is 10.1. The van der Waals surface area contributed by atoms with E-state index in [1.165, 1.54) is 6.08 Å². The lowest BCUT2D eigenvalue weighted by Crippen LogP contribution is -2.36. The number of benzene rings is 1. The van der Waals surface area contributed by atoms with Crippen molar-refractivity contribution in [1.29, 1.82) is 0 Å². The summed E-state index contributed by atoms with van der Waals surface area (Å²) in [6, 6.07) is 8.64. The maximum atomic E-state index is 13.1. The van der Waals surface area contributed by atoms with E-state index in [4.69, 9.17) is 4.74 Å². The van der Waals surface area contributed by atoms with E-state index in [1.54, 1.807) is 31.2 Å². The zero-order valence-corrected chi connectivity index (χ0v) is 19.4.